The third-order valence-corrected chi connectivity index (χ3v) is 1.95. The molecule has 0 aliphatic carbocycles. The average Bonchev–Trinajstić information content (AvgIpc) is 2.37. The van der Waals surface area contributed by atoms with Gasteiger partial charge >= 0.3 is 5.97 Å². The molecule has 0 amide bonds. The first-order valence-electron chi connectivity index (χ1n) is 4.94. The summed E-state index contributed by atoms with van der Waals surface area (Å²) >= 11 is 0. The molecule has 0 saturated carbocycles. The summed E-state index contributed by atoms with van der Waals surface area (Å²) in [5.41, 5.74) is -0.608. The quantitative estimate of drug-likeness (QED) is 0.356. The molecule has 0 radical (unpaired) electrons. The molecule has 0 atom stereocenters. The minimum atomic E-state index is -1.12. The van der Waals surface area contributed by atoms with Gasteiger partial charge in [0.1, 0.15) is 18.2 Å². The maximum atomic E-state index is 13.3. The first kappa shape index (κ1) is 13.6. The zero-order chi connectivity index (χ0) is 13.5. The van der Waals surface area contributed by atoms with Crippen LogP contribution in [0.2, 0.25) is 0 Å². The van der Waals surface area contributed by atoms with Gasteiger partial charge in [-0.15, -0.1) is 0 Å². The van der Waals surface area contributed by atoms with Crippen LogP contribution in [-0.2, 0) is 9.53 Å². The van der Waals surface area contributed by atoms with E-state index in [1.165, 1.54) is 18.2 Å². The lowest BCUT2D eigenvalue weighted by Gasteiger charge is -2.01. The Bertz CT molecular complexity index is 544. The average molecular weight is 249 g/mol. The minimum Gasteiger partial charge on any atom is -0.457 e. The highest BCUT2D eigenvalue weighted by Crippen LogP contribution is 2.15. The van der Waals surface area contributed by atoms with Crippen molar-refractivity contribution < 1.29 is 18.3 Å². The van der Waals surface area contributed by atoms with Crippen LogP contribution >= 0.6 is 0 Å². The molecule has 0 saturated heterocycles. The van der Waals surface area contributed by atoms with Crippen LogP contribution in [-0.4, -0.2) is 12.6 Å². The molecule has 1 aromatic carbocycles. The number of nitrogens with zero attached hydrogens (tertiary/aromatic N) is 1. The Morgan fingerprint density at radius 1 is 1.50 bits per heavy atom. The molecule has 0 N–H and O–H groups in total. The molecule has 5 heteroatoms. The normalized spacial score (nSPS) is 10.6. The lowest BCUT2D eigenvalue weighted by Crippen LogP contribution is -2.06. The molecule has 0 fully saturated rings. The van der Waals surface area contributed by atoms with Crippen molar-refractivity contribution >= 4 is 12.0 Å². The zero-order valence-corrected chi connectivity index (χ0v) is 9.32. The largest absolute Gasteiger partial charge is 0.457 e. The summed E-state index contributed by atoms with van der Waals surface area (Å²) in [5, 5.41) is 8.76. The monoisotopic (exact) mass is 249 g/mol. The van der Waals surface area contributed by atoms with Crippen LogP contribution in [0, 0.1) is 23.0 Å². The number of hydrogen-bond acceptors (Lipinski definition) is 3. The lowest BCUT2D eigenvalue weighted by molar-refractivity contribution is -0.137. The SMILES string of the molecule is C=CCOC(=O)/C(C#N)=C\c1cccc(F)c1F. The van der Waals surface area contributed by atoms with Crippen molar-refractivity contribution in [3.05, 3.63) is 53.6 Å². The van der Waals surface area contributed by atoms with E-state index in [1.54, 1.807) is 6.07 Å². The molecule has 0 heterocycles. The number of ether oxygens (including phenoxy) is 1. The predicted molar refractivity (Wildman–Crippen MR) is 61.1 cm³/mol. The van der Waals surface area contributed by atoms with Crippen LogP contribution in [0.25, 0.3) is 6.08 Å². The molecule has 1 aromatic rings. The van der Waals surface area contributed by atoms with E-state index >= 15 is 0 Å². The Kier molecular flexibility index (Phi) is 4.76. The van der Waals surface area contributed by atoms with Crippen LogP contribution in [0.15, 0.2) is 36.4 Å². The van der Waals surface area contributed by atoms with Gasteiger partial charge in [-0.2, -0.15) is 5.26 Å². The number of esters is 1. The topological polar surface area (TPSA) is 50.1 Å². The van der Waals surface area contributed by atoms with Gasteiger partial charge in [0.15, 0.2) is 11.6 Å². The summed E-state index contributed by atoms with van der Waals surface area (Å²) in [6.07, 6.45) is 2.26. The molecule has 3 nitrogen and oxygen atoms in total. The third-order valence-electron chi connectivity index (χ3n) is 1.95. The Morgan fingerprint density at radius 3 is 2.83 bits per heavy atom. The number of nitriles is 1. The van der Waals surface area contributed by atoms with Crippen LogP contribution in [0.1, 0.15) is 5.56 Å². The first-order chi connectivity index (χ1) is 8.60. The molecular formula is C13H9F2NO2. The van der Waals surface area contributed by atoms with Gasteiger partial charge in [0.05, 0.1) is 0 Å². The second-order valence-corrected chi connectivity index (χ2v) is 3.20. The van der Waals surface area contributed by atoms with Crippen molar-refractivity contribution in [2.75, 3.05) is 6.61 Å². The first-order valence-corrected chi connectivity index (χ1v) is 4.94. The van der Waals surface area contributed by atoms with Crippen molar-refractivity contribution in [3.8, 4) is 6.07 Å². The van der Waals surface area contributed by atoms with Gasteiger partial charge in [0, 0.05) is 5.56 Å². The van der Waals surface area contributed by atoms with E-state index in [1.807, 2.05) is 0 Å². The van der Waals surface area contributed by atoms with Gasteiger partial charge in [-0.3, -0.25) is 0 Å². The standard InChI is InChI=1S/C13H9F2NO2/c1-2-6-18-13(17)10(8-16)7-9-4-3-5-11(14)12(9)15/h2-5,7H,1,6H2/b10-7-. The molecule has 0 aliphatic rings. The van der Waals surface area contributed by atoms with E-state index in [0.29, 0.717) is 0 Å². The molecule has 0 spiro atoms. The predicted octanol–water partition coefficient (Wildman–Crippen LogP) is 2.60. The van der Waals surface area contributed by atoms with E-state index < -0.39 is 23.2 Å². The molecule has 1 rings (SSSR count). The molecular weight excluding hydrogens is 240 g/mol. The zero-order valence-electron chi connectivity index (χ0n) is 9.32. The van der Waals surface area contributed by atoms with Gasteiger partial charge in [-0.05, 0) is 12.1 Å². The summed E-state index contributed by atoms with van der Waals surface area (Å²) in [6.45, 7) is 3.27. The van der Waals surface area contributed by atoms with Gasteiger partial charge in [0.25, 0.3) is 0 Å². The number of benzene rings is 1. The molecule has 0 aliphatic heterocycles. The second kappa shape index (κ2) is 6.30. The highest BCUT2D eigenvalue weighted by Gasteiger charge is 2.12. The van der Waals surface area contributed by atoms with Crippen LogP contribution in [0.3, 0.4) is 0 Å². The number of carbonyl (C=O) groups excluding carboxylic acids is 1. The van der Waals surface area contributed by atoms with Gasteiger partial charge in [-0.25, -0.2) is 13.6 Å². The summed E-state index contributed by atoms with van der Waals surface area (Å²) < 4.78 is 30.9. The Labute approximate surface area is 103 Å². The summed E-state index contributed by atoms with van der Waals surface area (Å²) in [6, 6.07) is 5.03. The van der Waals surface area contributed by atoms with Crippen LogP contribution in [0.5, 0.6) is 0 Å². The van der Waals surface area contributed by atoms with E-state index in [-0.39, 0.29) is 12.2 Å². The van der Waals surface area contributed by atoms with Crippen molar-refractivity contribution in [3.63, 3.8) is 0 Å². The lowest BCUT2D eigenvalue weighted by atomic mass is 10.1. The van der Waals surface area contributed by atoms with Gasteiger partial charge in [-0.1, -0.05) is 24.8 Å². The highest BCUT2D eigenvalue weighted by atomic mass is 19.2. The second-order valence-electron chi connectivity index (χ2n) is 3.20. The smallest absolute Gasteiger partial charge is 0.349 e. The fraction of sp³-hybridized carbons (Fsp3) is 0.0769. The minimum absolute atomic E-state index is 0.0660. The molecule has 92 valence electrons. The summed E-state index contributed by atoms with van der Waals surface area (Å²) in [4.78, 5) is 11.4. The number of rotatable bonds is 4. The Balaban J connectivity index is 3.05. The third kappa shape index (κ3) is 3.25. The molecule has 0 bridgehead atoms. The van der Waals surface area contributed by atoms with Crippen molar-refractivity contribution in [1.29, 1.82) is 5.26 Å². The Hall–Kier alpha value is -2.48. The maximum Gasteiger partial charge on any atom is 0.349 e. The Morgan fingerprint density at radius 2 is 2.22 bits per heavy atom. The number of halogens is 2. The van der Waals surface area contributed by atoms with Crippen molar-refractivity contribution in [2.45, 2.75) is 0 Å². The van der Waals surface area contributed by atoms with E-state index in [9.17, 15) is 13.6 Å². The van der Waals surface area contributed by atoms with Crippen LogP contribution < -0.4 is 0 Å². The number of carbonyl (C=O) groups is 1. The van der Waals surface area contributed by atoms with Crippen molar-refractivity contribution in [1.82, 2.24) is 0 Å². The molecule has 0 unspecified atom stereocenters. The van der Waals surface area contributed by atoms with Crippen LogP contribution in [0.4, 0.5) is 8.78 Å². The van der Waals surface area contributed by atoms with Crippen molar-refractivity contribution in [2.24, 2.45) is 0 Å². The van der Waals surface area contributed by atoms with E-state index in [4.69, 9.17) is 5.26 Å². The fourth-order valence-corrected chi connectivity index (χ4v) is 1.14. The molecule has 18 heavy (non-hydrogen) atoms. The number of hydrogen-bond donors (Lipinski definition) is 0. The highest BCUT2D eigenvalue weighted by molar-refractivity contribution is 5.97. The summed E-state index contributed by atoms with van der Waals surface area (Å²) in [7, 11) is 0. The molecule has 0 aromatic heterocycles. The van der Waals surface area contributed by atoms with Gasteiger partial charge in [0.2, 0.25) is 0 Å². The summed E-state index contributed by atoms with van der Waals surface area (Å²) in [5.74, 6) is -3.09. The van der Waals surface area contributed by atoms with Gasteiger partial charge < -0.3 is 4.74 Å². The fourth-order valence-electron chi connectivity index (χ4n) is 1.14. The van der Waals surface area contributed by atoms with E-state index in [2.05, 4.69) is 11.3 Å². The van der Waals surface area contributed by atoms with E-state index in [0.717, 1.165) is 12.1 Å². The maximum absolute atomic E-state index is 13.3.